The van der Waals surface area contributed by atoms with Crippen molar-refractivity contribution in [3.8, 4) is 0 Å². The Balaban J connectivity index is 1.38. The molecule has 0 saturated carbocycles. The summed E-state index contributed by atoms with van der Waals surface area (Å²) < 4.78 is 5.35. The lowest BCUT2D eigenvalue weighted by molar-refractivity contribution is 0.0635. The molecule has 0 unspecified atom stereocenters. The number of piperazine rings is 1. The Morgan fingerprint density at radius 1 is 0.787 bits per heavy atom. The van der Waals surface area contributed by atoms with Gasteiger partial charge in [0.05, 0.1) is 11.4 Å². The average molecular weight is 644 g/mol. The highest BCUT2D eigenvalue weighted by atomic mass is 16.6. The number of carbonyl (C=O) groups is 3. The molecule has 47 heavy (non-hydrogen) atoms. The van der Waals surface area contributed by atoms with Crippen molar-refractivity contribution in [1.29, 1.82) is 0 Å². The lowest BCUT2D eigenvalue weighted by Gasteiger charge is -2.34. The van der Waals surface area contributed by atoms with Crippen molar-refractivity contribution in [2.75, 3.05) is 81.3 Å². The summed E-state index contributed by atoms with van der Waals surface area (Å²) in [5.41, 5.74) is 3.49. The molecule has 3 aromatic carbocycles. The average Bonchev–Trinajstić information content (AvgIpc) is 3.01. The standard InChI is InChI=1S/C36H49N7O4/c1-36(2,3)47-35(46)39-32-11-8-7-10-31(32)38-33(44)28-14-12-27(13-15-28)26-43(21-9-20-40(4)5)34(45)37-29-16-18-30(19-17-29)42-24-22-41(6)23-25-42/h7-8,10-19H,9,20-26H2,1-6H3,(H,37,45)(H,38,44)(H,39,46). The van der Waals surface area contributed by atoms with Gasteiger partial charge in [-0.3, -0.25) is 10.1 Å². The maximum atomic E-state index is 13.5. The van der Waals surface area contributed by atoms with E-state index >= 15 is 0 Å². The molecule has 0 atom stereocenters. The normalized spacial score (nSPS) is 13.6. The predicted molar refractivity (Wildman–Crippen MR) is 189 cm³/mol. The van der Waals surface area contributed by atoms with Gasteiger partial charge in [0.25, 0.3) is 5.91 Å². The van der Waals surface area contributed by atoms with E-state index in [-0.39, 0.29) is 11.9 Å². The second kappa shape index (κ2) is 16.3. The minimum atomic E-state index is -0.650. The fraction of sp³-hybridized carbons (Fsp3) is 0.417. The number of ether oxygens (including phenoxy) is 1. The molecule has 4 amide bonds. The molecule has 0 spiro atoms. The summed E-state index contributed by atoms with van der Waals surface area (Å²) in [5, 5.41) is 8.64. The topological polar surface area (TPSA) is 109 Å². The number of carbonyl (C=O) groups excluding carboxylic acids is 3. The lowest BCUT2D eigenvalue weighted by Crippen LogP contribution is -2.44. The van der Waals surface area contributed by atoms with Crippen LogP contribution in [0.4, 0.5) is 32.3 Å². The summed E-state index contributed by atoms with van der Waals surface area (Å²) in [6, 6.07) is 22.0. The molecule has 11 heteroatoms. The van der Waals surface area contributed by atoms with E-state index in [1.807, 2.05) is 38.4 Å². The minimum absolute atomic E-state index is 0.174. The number of anilines is 4. The number of hydrogen-bond acceptors (Lipinski definition) is 7. The van der Waals surface area contributed by atoms with E-state index in [1.165, 1.54) is 0 Å². The van der Waals surface area contributed by atoms with Crippen LogP contribution in [-0.2, 0) is 11.3 Å². The summed E-state index contributed by atoms with van der Waals surface area (Å²) in [7, 11) is 6.17. The molecule has 0 aliphatic carbocycles. The number of nitrogens with zero attached hydrogens (tertiary/aromatic N) is 4. The fourth-order valence-corrected chi connectivity index (χ4v) is 5.14. The molecule has 3 aromatic rings. The molecule has 1 aliphatic heterocycles. The van der Waals surface area contributed by atoms with Gasteiger partial charge >= 0.3 is 12.1 Å². The molecule has 0 radical (unpaired) electrons. The number of para-hydroxylation sites is 2. The minimum Gasteiger partial charge on any atom is -0.444 e. The molecule has 1 aliphatic rings. The van der Waals surface area contributed by atoms with Gasteiger partial charge in [-0.25, -0.2) is 9.59 Å². The largest absolute Gasteiger partial charge is 0.444 e. The molecule has 4 rings (SSSR count). The van der Waals surface area contributed by atoms with Crippen molar-refractivity contribution >= 4 is 40.8 Å². The van der Waals surface area contributed by atoms with E-state index in [0.717, 1.165) is 56.1 Å². The van der Waals surface area contributed by atoms with Gasteiger partial charge in [-0.05, 0) is 109 Å². The van der Waals surface area contributed by atoms with Crippen molar-refractivity contribution in [3.63, 3.8) is 0 Å². The zero-order chi connectivity index (χ0) is 34.0. The lowest BCUT2D eigenvalue weighted by atomic mass is 10.1. The molecule has 0 aromatic heterocycles. The SMILES string of the molecule is CN(C)CCCN(Cc1ccc(C(=O)Nc2ccccc2NC(=O)OC(C)(C)C)cc1)C(=O)Nc1ccc(N2CCN(C)CC2)cc1. The van der Waals surface area contributed by atoms with Crippen molar-refractivity contribution in [2.24, 2.45) is 0 Å². The molecular weight excluding hydrogens is 594 g/mol. The number of likely N-dealkylation sites (N-methyl/N-ethyl adjacent to an activating group) is 1. The van der Waals surface area contributed by atoms with Gasteiger partial charge in [-0.15, -0.1) is 0 Å². The first-order valence-corrected chi connectivity index (χ1v) is 16.1. The number of urea groups is 1. The fourth-order valence-electron chi connectivity index (χ4n) is 5.14. The second-order valence-electron chi connectivity index (χ2n) is 13.2. The van der Waals surface area contributed by atoms with E-state index < -0.39 is 11.7 Å². The van der Waals surface area contributed by atoms with Crippen LogP contribution in [0.25, 0.3) is 0 Å². The highest BCUT2D eigenvalue weighted by Gasteiger charge is 2.19. The zero-order valence-electron chi connectivity index (χ0n) is 28.5. The van der Waals surface area contributed by atoms with Crippen LogP contribution < -0.4 is 20.9 Å². The number of rotatable bonds is 11. The molecule has 1 fully saturated rings. The monoisotopic (exact) mass is 643 g/mol. The van der Waals surface area contributed by atoms with Crippen molar-refractivity contribution < 1.29 is 19.1 Å². The Morgan fingerprint density at radius 3 is 2.00 bits per heavy atom. The van der Waals surface area contributed by atoms with Crippen LogP contribution in [0.15, 0.2) is 72.8 Å². The number of amides is 4. The number of nitrogens with one attached hydrogen (secondary N) is 3. The zero-order valence-corrected chi connectivity index (χ0v) is 28.5. The summed E-state index contributed by atoms with van der Waals surface area (Å²) >= 11 is 0. The van der Waals surface area contributed by atoms with E-state index in [0.29, 0.717) is 30.0 Å². The van der Waals surface area contributed by atoms with Gasteiger partial charge in [-0.2, -0.15) is 0 Å². The van der Waals surface area contributed by atoms with Crippen LogP contribution in [0.3, 0.4) is 0 Å². The first-order chi connectivity index (χ1) is 22.4. The van der Waals surface area contributed by atoms with Crippen LogP contribution in [0.1, 0.15) is 43.1 Å². The van der Waals surface area contributed by atoms with Gasteiger partial charge < -0.3 is 35.0 Å². The van der Waals surface area contributed by atoms with Crippen LogP contribution in [0.2, 0.25) is 0 Å². The summed E-state index contributed by atoms with van der Waals surface area (Å²) in [6.45, 7) is 11.2. The molecule has 252 valence electrons. The van der Waals surface area contributed by atoms with Crippen LogP contribution in [0.5, 0.6) is 0 Å². The van der Waals surface area contributed by atoms with Gasteiger partial charge in [-0.1, -0.05) is 24.3 Å². The summed E-state index contributed by atoms with van der Waals surface area (Å²) in [5.74, 6) is -0.324. The smallest absolute Gasteiger partial charge is 0.412 e. The van der Waals surface area contributed by atoms with Gasteiger partial charge in [0.15, 0.2) is 0 Å². The molecule has 0 bridgehead atoms. The molecule has 3 N–H and O–H groups in total. The van der Waals surface area contributed by atoms with Crippen molar-refractivity contribution in [1.82, 2.24) is 14.7 Å². The third kappa shape index (κ3) is 11.3. The summed E-state index contributed by atoms with van der Waals surface area (Å²) in [6.07, 6.45) is 0.213. The third-order valence-electron chi connectivity index (χ3n) is 7.71. The first kappa shape index (κ1) is 35.2. The first-order valence-electron chi connectivity index (χ1n) is 16.1. The van der Waals surface area contributed by atoms with Crippen molar-refractivity contribution in [2.45, 2.75) is 39.3 Å². The highest BCUT2D eigenvalue weighted by Crippen LogP contribution is 2.24. The maximum absolute atomic E-state index is 13.5. The van der Waals surface area contributed by atoms with Gasteiger partial charge in [0.1, 0.15) is 5.60 Å². The molecule has 1 heterocycles. The highest BCUT2D eigenvalue weighted by molar-refractivity contribution is 6.06. The summed E-state index contributed by atoms with van der Waals surface area (Å²) in [4.78, 5) is 47.5. The quantitative estimate of drug-likeness (QED) is 0.234. The maximum Gasteiger partial charge on any atom is 0.412 e. The second-order valence-corrected chi connectivity index (χ2v) is 13.2. The number of hydrogen-bond donors (Lipinski definition) is 3. The van der Waals surface area contributed by atoms with E-state index in [1.54, 1.807) is 62.1 Å². The molecule has 11 nitrogen and oxygen atoms in total. The Hall–Kier alpha value is -4.61. The van der Waals surface area contributed by atoms with Crippen LogP contribution in [-0.4, -0.2) is 98.7 Å². The van der Waals surface area contributed by atoms with E-state index in [2.05, 4.69) is 49.8 Å². The predicted octanol–water partition coefficient (Wildman–Crippen LogP) is 6.02. The Morgan fingerprint density at radius 2 is 1.40 bits per heavy atom. The van der Waals surface area contributed by atoms with Crippen LogP contribution >= 0.6 is 0 Å². The Labute approximate surface area is 278 Å². The van der Waals surface area contributed by atoms with Gasteiger partial charge in [0.2, 0.25) is 0 Å². The van der Waals surface area contributed by atoms with Crippen molar-refractivity contribution in [3.05, 3.63) is 83.9 Å². The van der Waals surface area contributed by atoms with Crippen LogP contribution in [0, 0.1) is 0 Å². The molecule has 1 saturated heterocycles. The number of benzene rings is 3. The van der Waals surface area contributed by atoms with E-state index in [4.69, 9.17) is 4.74 Å². The molecular formula is C36H49N7O4. The Bertz CT molecular complexity index is 1480. The van der Waals surface area contributed by atoms with Gasteiger partial charge in [0, 0.05) is 56.2 Å². The third-order valence-corrected chi connectivity index (χ3v) is 7.71. The Kier molecular flexibility index (Phi) is 12.2. The van der Waals surface area contributed by atoms with E-state index in [9.17, 15) is 14.4 Å².